The van der Waals surface area contributed by atoms with E-state index in [4.69, 9.17) is 37.7 Å². The summed E-state index contributed by atoms with van der Waals surface area (Å²) in [6.07, 6.45) is 6.95. The Balaban J connectivity index is 0.000000178. The van der Waals surface area contributed by atoms with Crippen molar-refractivity contribution in [3.8, 4) is 11.3 Å². The Kier molecular flexibility index (Phi) is 9.70. The van der Waals surface area contributed by atoms with Gasteiger partial charge in [0.05, 0.1) is 12.0 Å². The third kappa shape index (κ3) is 8.04. The van der Waals surface area contributed by atoms with Crippen LogP contribution in [0.4, 0.5) is 0 Å². The average Bonchev–Trinajstić information content (AvgIpc) is 3.44. The molecular weight excluding hydrogens is 462 g/mol. The fourth-order valence-electron chi connectivity index (χ4n) is 2.05. The molecule has 164 valence electrons. The number of carbonyl (C=O) groups is 2. The number of carbonyl (C=O) groups excluding carboxylic acids is 2. The maximum atomic E-state index is 10.4. The first-order valence-electron chi connectivity index (χ1n) is 8.70. The molecular formula is C19H15BCl2N4O6. The molecule has 0 bridgehead atoms. The minimum atomic E-state index is -1.57. The molecule has 0 saturated heterocycles. The van der Waals surface area contributed by atoms with E-state index in [2.05, 4.69) is 24.4 Å². The van der Waals surface area contributed by atoms with Gasteiger partial charge < -0.3 is 18.9 Å². The molecule has 0 unspecified atom stereocenters. The molecule has 0 aliphatic rings. The van der Waals surface area contributed by atoms with E-state index >= 15 is 0 Å². The average molecular weight is 477 g/mol. The zero-order valence-electron chi connectivity index (χ0n) is 16.4. The van der Waals surface area contributed by atoms with Gasteiger partial charge in [-0.2, -0.15) is 0 Å². The van der Waals surface area contributed by atoms with Crippen LogP contribution in [-0.2, 0) is 0 Å². The van der Waals surface area contributed by atoms with Gasteiger partial charge in [-0.25, -0.2) is 19.9 Å². The quantitative estimate of drug-likeness (QED) is 0.194. The molecule has 4 aromatic rings. The van der Waals surface area contributed by atoms with E-state index in [1.54, 1.807) is 24.4 Å². The van der Waals surface area contributed by atoms with Crippen molar-refractivity contribution in [1.29, 1.82) is 0 Å². The van der Waals surface area contributed by atoms with Gasteiger partial charge in [-0.3, -0.25) is 9.59 Å². The predicted molar refractivity (Wildman–Crippen MR) is 116 cm³/mol. The Morgan fingerprint density at radius 1 is 0.938 bits per heavy atom. The van der Waals surface area contributed by atoms with Gasteiger partial charge in [-0.05, 0) is 42.8 Å². The molecule has 0 spiro atoms. The van der Waals surface area contributed by atoms with Crippen molar-refractivity contribution in [2.24, 2.45) is 0 Å². The van der Waals surface area contributed by atoms with Crippen molar-refractivity contribution in [2.75, 3.05) is 0 Å². The fraction of sp³-hybridized carbons (Fsp3) is 0.0526. The monoisotopic (exact) mass is 476 g/mol. The smallest absolute Gasteiger partial charge is 0.462 e. The topological polar surface area (TPSA) is 152 Å². The van der Waals surface area contributed by atoms with Crippen LogP contribution >= 0.6 is 23.2 Å². The highest BCUT2D eigenvalue weighted by molar-refractivity contribution is 6.58. The standard InChI is InChI=1S/C10H8N2O2.C5H5BO4.C4H2Cl2N2/c1-7-11-3-2-10(12-7)8-4-9(5-13)14-6-8;7-2-5-1-4(3-10-5)6(8)9;5-3-1-2-7-4(6)8-3/h2-6H,1H3;1-3,8-9H;1-2H. The molecule has 10 nitrogen and oxygen atoms in total. The largest absolute Gasteiger partial charge is 0.491 e. The molecule has 4 rings (SSSR count). The zero-order valence-corrected chi connectivity index (χ0v) is 17.9. The van der Waals surface area contributed by atoms with Crippen molar-refractivity contribution < 1.29 is 28.5 Å². The third-order valence-corrected chi connectivity index (χ3v) is 3.85. The van der Waals surface area contributed by atoms with Crippen LogP contribution in [-0.4, -0.2) is 49.7 Å². The SMILES string of the molecule is Cc1nccc(-c2coc(C=O)c2)n1.Clc1ccnc(Cl)n1.O=Cc1cc(B(O)O)co1. The van der Waals surface area contributed by atoms with E-state index in [1.165, 1.54) is 18.5 Å². The number of rotatable bonds is 4. The fourth-order valence-corrected chi connectivity index (χ4v) is 2.37. The van der Waals surface area contributed by atoms with Gasteiger partial charge in [0.1, 0.15) is 17.2 Å². The molecule has 0 amide bonds. The Morgan fingerprint density at radius 2 is 1.59 bits per heavy atom. The lowest BCUT2D eigenvalue weighted by molar-refractivity contribution is 0.109. The molecule has 0 aromatic carbocycles. The lowest BCUT2D eigenvalue weighted by Crippen LogP contribution is -2.27. The minimum absolute atomic E-state index is 0.0862. The normalized spacial score (nSPS) is 9.66. The summed E-state index contributed by atoms with van der Waals surface area (Å²) in [7, 11) is -1.57. The van der Waals surface area contributed by atoms with E-state index in [-0.39, 0.29) is 16.5 Å². The van der Waals surface area contributed by atoms with Gasteiger partial charge in [-0.15, -0.1) is 0 Å². The first kappa shape index (κ1) is 24.9. The predicted octanol–water partition coefficient (Wildman–Crippen LogP) is 2.41. The highest BCUT2D eigenvalue weighted by Gasteiger charge is 2.13. The first-order chi connectivity index (χ1) is 15.3. The molecule has 2 N–H and O–H groups in total. The van der Waals surface area contributed by atoms with E-state index in [0.717, 1.165) is 17.5 Å². The number of hydrogen-bond donors (Lipinski definition) is 2. The summed E-state index contributed by atoms with van der Waals surface area (Å²) in [6.45, 7) is 1.81. The van der Waals surface area contributed by atoms with Gasteiger partial charge in [0.25, 0.3) is 0 Å². The minimum Gasteiger partial charge on any atom is -0.462 e. The highest BCUT2D eigenvalue weighted by Crippen LogP contribution is 2.18. The number of aryl methyl sites for hydroxylation is 1. The van der Waals surface area contributed by atoms with Crippen LogP contribution in [0.2, 0.25) is 10.4 Å². The number of nitrogens with zero attached hydrogens (tertiary/aromatic N) is 4. The molecule has 0 aliphatic heterocycles. The molecule has 0 saturated carbocycles. The molecule has 0 fully saturated rings. The van der Waals surface area contributed by atoms with Crippen molar-refractivity contribution in [3.63, 3.8) is 0 Å². The van der Waals surface area contributed by atoms with Crippen molar-refractivity contribution in [2.45, 2.75) is 6.92 Å². The maximum absolute atomic E-state index is 10.4. The Morgan fingerprint density at radius 3 is 2.06 bits per heavy atom. The Bertz CT molecular complexity index is 1150. The van der Waals surface area contributed by atoms with Crippen molar-refractivity contribution in [3.05, 3.63) is 77.0 Å². The van der Waals surface area contributed by atoms with Crippen LogP contribution in [0.1, 0.15) is 26.9 Å². The summed E-state index contributed by atoms with van der Waals surface area (Å²) in [6, 6.07) is 6.24. The molecule has 32 heavy (non-hydrogen) atoms. The number of aldehydes is 2. The molecule has 4 aromatic heterocycles. The number of furan rings is 2. The van der Waals surface area contributed by atoms with E-state index in [0.29, 0.717) is 29.3 Å². The van der Waals surface area contributed by atoms with E-state index < -0.39 is 7.12 Å². The zero-order chi connectivity index (χ0) is 23.5. The lowest BCUT2D eigenvalue weighted by Gasteiger charge is -1.95. The number of aromatic nitrogens is 4. The van der Waals surface area contributed by atoms with E-state index in [1.807, 2.05) is 6.92 Å². The Hall–Kier alpha value is -3.38. The molecule has 0 atom stereocenters. The molecule has 0 radical (unpaired) electrons. The summed E-state index contributed by atoms with van der Waals surface area (Å²) in [5.74, 6) is 1.08. The summed E-state index contributed by atoms with van der Waals surface area (Å²) in [5.41, 5.74) is 1.73. The van der Waals surface area contributed by atoms with Crippen LogP contribution in [0.3, 0.4) is 0 Å². The van der Waals surface area contributed by atoms with Crippen molar-refractivity contribution >= 4 is 48.4 Å². The highest BCUT2D eigenvalue weighted by atomic mass is 35.5. The van der Waals surface area contributed by atoms with Gasteiger partial charge in [0.2, 0.25) is 5.28 Å². The summed E-state index contributed by atoms with van der Waals surface area (Å²) in [5, 5.41) is 17.6. The van der Waals surface area contributed by atoms with Gasteiger partial charge in [0, 0.05) is 23.4 Å². The maximum Gasteiger partial charge on any atom is 0.491 e. The molecule has 0 aliphatic carbocycles. The second-order valence-electron chi connectivity index (χ2n) is 5.77. The Labute approximate surface area is 192 Å². The summed E-state index contributed by atoms with van der Waals surface area (Å²) < 4.78 is 9.57. The second kappa shape index (κ2) is 12.5. The van der Waals surface area contributed by atoms with Gasteiger partial charge in [0.15, 0.2) is 24.1 Å². The molecule has 4 heterocycles. The van der Waals surface area contributed by atoms with Crippen LogP contribution < -0.4 is 5.46 Å². The second-order valence-corrected chi connectivity index (χ2v) is 6.49. The van der Waals surface area contributed by atoms with E-state index in [9.17, 15) is 9.59 Å². The van der Waals surface area contributed by atoms with Gasteiger partial charge >= 0.3 is 7.12 Å². The summed E-state index contributed by atoms with van der Waals surface area (Å²) >= 11 is 10.7. The van der Waals surface area contributed by atoms with Crippen LogP contribution in [0.15, 0.2) is 58.0 Å². The third-order valence-electron chi connectivity index (χ3n) is 3.45. The van der Waals surface area contributed by atoms with Gasteiger partial charge in [-0.1, -0.05) is 11.6 Å². The molecule has 13 heteroatoms. The van der Waals surface area contributed by atoms with Crippen molar-refractivity contribution in [1.82, 2.24) is 19.9 Å². The van der Waals surface area contributed by atoms with Crippen LogP contribution in [0.5, 0.6) is 0 Å². The first-order valence-corrected chi connectivity index (χ1v) is 9.45. The van der Waals surface area contributed by atoms with Crippen LogP contribution in [0, 0.1) is 6.92 Å². The summed E-state index contributed by atoms with van der Waals surface area (Å²) in [4.78, 5) is 35.8. The lowest BCUT2D eigenvalue weighted by atomic mass is 9.83. The van der Waals surface area contributed by atoms with Crippen LogP contribution in [0.25, 0.3) is 11.3 Å². The number of halogens is 2. The number of hydrogen-bond acceptors (Lipinski definition) is 10.